The third-order valence-electron chi connectivity index (χ3n) is 7.49. The van der Waals surface area contributed by atoms with E-state index in [1.807, 2.05) is 30.3 Å². The van der Waals surface area contributed by atoms with Crippen molar-refractivity contribution in [2.75, 3.05) is 5.32 Å². The summed E-state index contributed by atoms with van der Waals surface area (Å²) >= 11 is 6.29. The summed E-state index contributed by atoms with van der Waals surface area (Å²) in [5.41, 5.74) is 6.60. The number of rotatable bonds is 5. The molecule has 3 aliphatic heterocycles. The summed E-state index contributed by atoms with van der Waals surface area (Å²) in [6, 6.07) is 11.6. The SMILES string of the molecule is Cc1c(Cl)ccc2c1NC(=O)[C@]21N[C@@H](CCC(N)=O)[C@H]2C(=O)N([C@H](C)c3ccccc3)C(=O)[C@H]21. The molecule has 1 spiro atoms. The largest absolute Gasteiger partial charge is 0.370 e. The standard InChI is InChI=1S/C25H25ClN4O4/c1-12-16(26)9-8-15-21(12)28-24(34)25(15)20-19(17(29-25)10-11-18(27)31)22(32)30(23(20)33)13(2)14-6-4-3-5-7-14/h3-9,13,17,19-20,29H,10-11H2,1-2H3,(H2,27,31)(H,28,34)/t13-,17+,19-,20+,25+/m1/s1. The van der Waals surface area contributed by atoms with Gasteiger partial charge in [0.05, 0.1) is 23.6 Å². The van der Waals surface area contributed by atoms with Crippen LogP contribution < -0.4 is 16.4 Å². The maximum Gasteiger partial charge on any atom is 0.250 e. The molecule has 0 radical (unpaired) electrons. The normalized spacial score (nSPS) is 28.3. The monoisotopic (exact) mass is 480 g/mol. The van der Waals surface area contributed by atoms with Crippen molar-refractivity contribution in [3.05, 3.63) is 64.2 Å². The molecule has 8 nitrogen and oxygen atoms in total. The van der Waals surface area contributed by atoms with Gasteiger partial charge in [0.15, 0.2) is 0 Å². The van der Waals surface area contributed by atoms with Gasteiger partial charge >= 0.3 is 0 Å². The lowest BCUT2D eigenvalue weighted by molar-refractivity contribution is -0.145. The number of nitrogens with one attached hydrogen (secondary N) is 2. The zero-order valence-electron chi connectivity index (χ0n) is 18.8. The van der Waals surface area contributed by atoms with E-state index in [9.17, 15) is 19.2 Å². The minimum Gasteiger partial charge on any atom is -0.370 e. The Hall–Kier alpha value is -3.23. The first kappa shape index (κ1) is 22.6. The number of nitrogens with zero attached hydrogens (tertiary/aromatic N) is 1. The summed E-state index contributed by atoms with van der Waals surface area (Å²) in [5.74, 6) is -3.42. The van der Waals surface area contributed by atoms with Gasteiger partial charge in [-0.05, 0) is 37.5 Å². The Morgan fingerprint density at radius 2 is 1.85 bits per heavy atom. The highest BCUT2D eigenvalue weighted by molar-refractivity contribution is 6.32. The van der Waals surface area contributed by atoms with Crippen LogP contribution in [0.25, 0.3) is 0 Å². The summed E-state index contributed by atoms with van der Waals surface area (Å²) in [6.07, 6.45) is 0.265. The van der Waals surface area contributed by atoms with Crippen molar-refractivity contribution in [2.24, 2.45) is 17.6 Å². The Morgan fingerprint density at radius 1 is 1.15 bits per heavy atom. The van der Waals surface area contributed by atoms with Crippen LogP contribution in [0.4, 0.5) is 5.69 Å². The van der Waals surface area contributed by atoms with Gasteiger partial charge in [-0.1, -0.05) is 48.0 Å². The van der Waals surface area contributed by atoms with E-state index in [0.29, 0.717) is 21.8 Å². The first-order chi connectivity index (χ1) is 16.2. The van der Waals surface area contributed by atoms with Crippen LogP contribution in [0.2, 0.25) is 5.02 Å². The van der Waals surface area contributed by atoms with Gasteiger partial charge in [-0.3, -0.25) is 29.4 Å². The molecule has 0 saturated carbocycles. The maximum absolute atomic E-state index is 13.9. The van der Waals surface area contributed by atoms with Crippen LogP contribution in [-0.4, -0.2) is 34.6 Å². The Morgan fingerprint density at radius 3 is 2.53 bits per heavy atom. The number of fused-ring (bicyclic) bond motifs is 4. The van der Waals surface area contributed by atoms with E-state index in [2.05, 4.69) is 10.6 Å². The molecule has 0 aliphatic carbocycles. The fourth-order valence-electron chi connectivity index (χ4n) is 5.82. The van der Waals surface area contributed by atoms with Gasteiger partial charge in [0.1, 0.15) is 5.54 Å². The van der Waals surface area contributed by atoms with Crippen LogP contribution >= 0.6 is 11.6 Å². The average Bonchev–Trinajstić information content (AvgIpc) is 3.40. The van der Waals surface area contributed by atoms with Gasteiger partial charge in [0.2, 0.25) is 23.6 Å². The maximum atomic E-state index is 13.9. The highest BCUT2D eigenvalue weighted by atomic mass is 35.5. The van der Waals surface area contributed by atoms with Crippen molar-refractivity contribution in [2.45, 2.75) is 44.3 Å². The Labute approximate surface area is 201 Å². The Balaban J connectivity index is 1.63. The number of anilines is 1. The van der Waals surface area contributed by atoms with Gasteiger partial charge in [0, 0.05) is 23.0 Å². The number of nitrogens with two attached hydrogens (primary N) is 1. The zero-order valence-corrected chi connectivity index (χ0v) is 19.6. The number of carbonyl (C=O) groups is 4. The van der Waals surface area contributed by atoms with Crippen molar-refractivity contribution in [1.82, 2.24) is 10.2 Å². The molecule has 4 N–H and O–H groups in total. The first-order valence-corrected chi connectivity index (χ1v) is 11.6. The fraction of sp³-hybridized carbons (Fsp3) is 0.360. The number of amides is 4. The van der Waals surface area contributed by atoms with Gasteiger partial charge in [-0.15, -0.1) is 0 Å². The predicted molar refractivity (Wildman–Crippen MR) is 126 cm³/mol. The van der Waals surface area contributed by atoms with Crippen LogP contribution in [-0.2, 0) is 24.7 Å². The number of imide groups is 1. The molecule has 9 heteroatoms. The number of halogens is 1. The van der Waals surface area contributed by atoms with Gasteiger partial charge in [-0.2, -0.15) is 0 Å². The molecule has 0 aromatic heterocycles. The molecule has 2 aromatic carbocycles. The summed E-state index contributed by atoms with van der Waals surface area (Å²) in [5, 5.41) is 6.68. The second-order valence-electron chi connectivity index (χ2n) is 9.25. The minimum absolute atomic E-state index is 0.0286. The van der Waals surface area contributed by atoms with Crippen LogP contribution in [0, 0.1) is 18.8 Å². The van der Waals surface area contributed by atoms with Gasteiger partial charge < -0.3 is 11.1 Å². The molecule has 34 heavy (non-hydrogen) atoms. The van der Waals surface area contributed by atoms with Crippen molar-refractivity contribution >= 4 is 40.9 Å². The molecular weight excluding hydrogens is 456 g/mol. The van der Waals surface area contributed by atoms with Crippen molar-refractivity contribution < 1.29 is 19.2 Å². The lowest BCUT2D eigenvalue weighted by Crippen LogP contribution is -2.53. The highest BCUT2D eigenvalue weighted by Gasteiger charge is 2.70. The molecule has 0 unspecified atom stereocenters. The van der Waals surface area contributed by atoms with E-state index in [-0.39, 0.29) is 18.7 Å². The molecule has 3 heterocycles. The number of hydrogen-bond donors (Lipinski definition) is 3. The second-order valence-corrected chi connectivity index (χ2v) is 9.66. The predicted octanol–water partition coefficient (Wildman–Crippen LogP) is 2.40. The third kappa shape index (κ3) is 3.02. The third-order valence-corrected chi connectivity index (χ3v) is 7.90. The number of benzene rings is 2. The molecule has 2 saturated heterocycles. The van der Waals surface area contributed by atoms with Crippen molar-refractivity contribution in [1.29, 1.82) is 0 Å². The molecule has 3 aliphatic rings. The lowest BCUT2D eigenvalue weighted by Gasteiger charge is -2.31. The molecule has 176 valence electrons. The summed E-state index contributed by atoms with van der Waals surface area (Å²) in [4.78, 5) is 54.1. The van der Waals surface area contributed by atoms with Crippen LogP contribution in [0.15, 0.2) is 42.5 Å². The van der Waals surface area contributed by atoms with E-state index >= 15 is 0 Å². The minimum atomic E-state index is -1.43. The summed E-state index contributed by atoms with van der Waals surface area (Å²) in [7, 11) is 0. The number of primary amides is 1. The molecule has 2 fully saturated rings. The molecular formula is C25H25ClN4O4. The fourth-order valence-corrected chi connectivity index (χ4v) is 5.98. The van der Waals surface area contributed by atoms with Gasteiger partial charge in [0.25, 0.3) is 0 Å². The summed E-state index contributed by atoms with van der Waals surface area (Å²) < 4.78 is 0. The average molecular weight is 481 g/mol. The number of hydrogen-bond acceptors (Lipinski definition) is 5. The Kier molecular flexibility index (Phi) is 5.26. The van der Waals surface area contributed by atoms with Crippen molar-refractivity contribution in [3.8, 4) is 0 Å². The highest BCUT2D eigenvalue weighted by Crippen LogP contribution is 2.55. The molecule has 2 aromatic rings. The quantitative estimate of drug-likeness (QED) is 0.567. The number of carbonyl (C=O) groups excluding carboxylic acids is 4. The second kappa shape index (κ2) is 7.92. The number of likely N-dealkylation sites (tertiary alicyclic amines) is 1. The first-order valence-electron chi connectivity index (χ1n) is 11.3. The molecule has 5 rings (SSSR count). The van der Waals surface area contributed by atoms with Crippen LogP contribution in [0.3, 0.4) is 0 Å². The summed E-state index contributed by atoms with van der Waals surface area (Å²) in [6.45, 7) is 3.60. The lowest BCUT2D eigenvalue weighted by atomic mass is 9.76. The van der Waals surface area contributed by atoms with Gasteiger partial charge in [-0.25, -0.2) is 0 Å². The van der Waals surface area contributed by atoms with E-state index in [1.54, 1.807) is 26.0 Å². The molecule has 5 atom stereocenters. The molecule has 4 amide bonds. The van der Waals surface area contributed by atoms with Crippen LogP contribution in [0.1, 0.15) is 42.5 Å². The van der Waals surface area contributed by atoms with E-state index < -0.39 is 47.2 Å². The van der Waals surface area contributed by atoms with E-state index in [1.165, 1.54) is 4.90 Å². The van der Waals surface area contributed by atoms with E-state index in [4.69, 9.17) is 17.3 Å². The molecule has 0 bridgehead atoms. The van der Waals surface area contributed by atoms with Crippen LogP contribution in [0.5, 0.6) is 0 Å². The smallest absolute Gasteiger partial charge is 0.250 e. The van der Waals surface area contributed by atoms with E-state index in [0.717, 1.165) is 5.56 Å². The Bertz CT molecular complexity index is 1230. The zero-order chi connectivity index (χ0) is 24.4. The topological polar surface area (TPSA) is 122 Å². The van der Waals surface area contributed by atoms with Crippen molar-refractivity contribution in [3.63, 3.8) is 0 Å².